The fourth-order valence-electron chi connectivity index (χ4n) is 3.48. The molecule has 1 aliphatic heterocycles. The molecule has 1 aromatic heterocycles. The van der Waals surface area contributed by atoms with Crippen molar-refractivity contribution in [2.45, 2.75) is 25.6 Å². The lowest BCUT2D eigenvalue weighted by Gasteiger charge is -2.25. The van der Waals surface area contributed by atoms with E-state index in [1.165, 1.54) is 35.1 Å². The van der Waals surface area contributed by atoms with Gasteiger partial charge < -0.3 is 19.3 Å². The Morgan fingerprint density at radius 1 is 1.21 bits per heavy atom. The van der Waals surface area contributed by atoms with Gasteiger partial charge in [0.1, 0.15) is 5.82 Å². The van der Waals surface area contributed by atoms with Gasteiger partial charge in [0.2, 0.25) is 11.8 Å². The van der Waals surface area contributed by atoms with Crippen molar-refractivity contribution in [3.05, 3.63) is 64.7 Å². The van der Waals surface area contributed by atoms with E-state index in [9.17, 15) is 18.8 Å². The maximum Gasteiger partial charge on any atom is 0.307 e. The molecule has 2 heterocycles. The zero-order chi connectivity index (χ0) is 23.8. The van der Waals surface area contributed by atoms with Crippen molar-refractivity contribution < 1.29 is 28.2 Å². The third-order valence-corrected chi connectivity index (χ3v) is 5.67. The van der Waals surface area contributed by atoms with Gasteiger partial charge in [-0.05, 0) is 29.8 Å². The first-order chi connectivity index (χ1) is 15.9. The van der Waals surface area contributed by atoms with Crippen LogP contribution in [0.3, 0.4) is 0 Å². The molecule has 1 atom stereocenters. The number of aromatic nitrogens is 1. The van der Waals surface area contributed by atoms with Crippen molar-refractivity contribution >= 4 is 29.4 Å². The smallest absolute Gasteiger partial charge is 0.307 e. The topological polar surface area (TPSA) is 89.0 Å². The summed E-state index contributed by atoms with van der Waals surface area (Å²) in [6.45, 7) is 0.526. The van der Waals surface area contributed by atoms with Crippen LogP contribution < -0.4 is 0 Å². The number of benzene rings is 1. The molecule has 0 spiro atoms. The van der Waals surface area contributed by atoms with Crippen LogP contribution in [0.4, 0.5) is 4.39 Å². The monoisotopic (exact) mass is 477 g/mol. The Kier molecular flexibility index (Phi) is 8.73. The summed E-state index contributed by atoms with van der Waals surface area (Å²) in [7, 11) is 1.28. The molecule has 2 amide bonds. The standard InChI is InChI=1S/C23H25ClFN3O5/c1-32-23(31)7-10-27-12-17(33-15-16-5-8-26-9-6-16)13-28(14-22(27)30)21(29)11-18-19(24)3-2-4-20(18)25/h2-6,8-9,17H,7,10-15H2,1H3/t17-/m0/s1. The third-order valence-electron chi connectivity index (χ3n) is 5.32. The molecule has 10 heteroatoms. The highest BCUT2D eigenvalue weighted by Gasteiger charge is 2.31. The summed E-state index contributed by atoms with van der Waals surface area (Å²) in [5, 5.41) is 0.148. The minimum absolute atomic E-state index is 0.0259. The van der Waals surface area contributed by atoms with Gasteiger partial charge in [-0.1, -0.05) is 17.7 Å². The predicted molar refractivity (Wildman–Crippen MR) is 118 cm³/mol. The number of carbonyl (C=O) groups is 3. The van der Waals surface area contributed by atoms with Crippen molar-refractivity contribution in [1.29, 1.82) is 0 Å². The number of hydrogen-bond acceptors (Lipinski definition) is 6. The number of nitrogens with zero attached hydrogens (tertiary/aromatic N) is 3. The number of amides is 2. The number of hydrogen-bond donors (Lipinski definition) is 0. The Balaban J connectivity index is 1.74. The lowest BCUT2D eigenvalue weighted by molar-refractivity contribution is -0.142. The molecule has 33 heavy (non-hydrogen) atoms. The summed E-state index contributed by atoms with van der Waals surface area (Å²) in [5.41, 5.74) is 0.968. The van der Waals surface area contributed by atoms with E-state index in [2.05, 4.69) is 9.72 Å². The van der Waals surface area contributed by atoms with Crippen molar-refractivity contribution in [3.63, 3.8) is 0 Å². The summed E-state index contributed by atoms with van der Waals surface area (Å²) >= 11 is 6.07. The Labute approximate surface area is 196 Å². The summed E-state index contributed by atoms with van der Waals surface area (Å²) in [5.74, 6) is -1.80. The Morgan fingerprint density at radius 3 is 2.67 bits per heavy atom. The van der Waals surface area contributed by atoms with Gasteiger partial charge in [0, 0.05) is 42.6 Å². The molecular formula is C23H25ClFN3O5. The maximum absolute atomic E-state index is 14.2. The molecule has 1 aliphatic rings. The molecular weight excluding hydrogens is 453 g/mol. The quantitative estimate of drug-likeness (QED) is 0.542. The zero-order valence-corrected chi connectivity index (χ0v) is 19.0. The van der Waals surface area contributed by atoms with Crippen LogP contribution in [0.2, 0.25) is 5.02 Å². The SMILES string of the molecule is COC(=O)CCN1C[C@H](OCc2ccncc2)CN(C(=O)Cc2c(F)cccc2Cl)CC1=O. The Morgan fingerprint density at radius 2 is 1.97 bits per heavy atom. The minimum Gasteiger partial charge on any atom is -0.469 e. The predicted octanol–water partition coefficient (Wildman–Crippen LogP) is 2.24. The van der Waals surface area contributed by atoms with E-state index in [-0.39, 0.29) is 62.1 Å². The highest BCUT2D eigenvalue weighted by molar-refractivity contribution is 6.31. The molecule has 0 unspecified atom stereocenters. The first-order valence-corrected chi connectivity index (χ1v) is 10.8. The van der Waals surface area contributed by atoms with Crippen molar-refractivity contribution in [1.82, 2.24) is 14.8 Å². The molecule has 1 fully saturated rings. The van der Waals surface area contributed by atoms with Crippen LogP contribution in [-0.4, -0.2) is 72.0 Å². The van der Waals surface area contributed by atoms with Gasteiger partial charge in [-0.2, -0.15) is 0 Å². The molecule has 1 aromatic carbocycles. The molecule has 1 saturated heterocycles. The number of esters is 1. The first kappa shape index (κ1) is 24.6. The molecule has 176 valence electrons. The Bertz CT molecular complexity index is 971. The summed E-state index contributed by atoms with van der Waals surface area (Å²) in [4.78, 5) is 44.2. The number of rotatable bonds is 8. The lowest BCUT2D eigenvalue weighted by atomic mass is 10.1. The number of halogens is 2. The normalized spacial score (nSPS) is 16.5. The number of methoxy groups -OCH3 is 1. The van der Waals surface area contributed by atoms with Crippen molar-refractivity contribution in [2.24, 2.45) is 0 Å². The molecule has 0 N–H and O–H groups in total. The molecule has 8 nitrogen and oxygen atoms in total. The van der Waals surface area contributed by atoms with Gasteiger partial charge in [-0.3, -0.25) is 19.4 Å². The van der Waals surface area contributed by atoms with Gasteiger partial charge in [-0.15, -0.1) is 0 Å². The van der Waals surface area contributed by atoms with Crippen LogP contribution in [0, 0.1) is 5.82 Å². The highest BCUT2D eigenvalue weighted by Crippen LogP contribution is 2.21. The minimum atomic E-state index is -0.581. The van der Waals surface area contributed by atoms with Crippen LogP contribution >= 0.6 is 11.6 Å². The zero-order valence-electron chi connectivity index (χ0n) is 18.2. The molecule has 0 saturated carbocycles. The molecule has 0 aliphatic carbocycles. The van der Waals surface area contributed by atoms with E-state index in [1.807, 2.05) is 0 Å². The second-order valence-electron chi connectivity index (χ2n) is 7.61. The molecule has 0 radical (unpaired) electrons. The fourth-order valence-corrected chi connectivity index (χ4v) is 3.71. The van der Waals surface area contributed by atoms with E-state index >= 15 is 0 Å². The second-order valence-corrected chi connectivity index (χ2v) is 8.01. The van der Waals surface area contributed by atoms with E-state index in [0.29, 0.717) is 0 Å². The highest BCUT2D eigenvalue weighted by atomic mass is 35.5. The number of pyridine rings is 1. The van der Waals surface area contributed by atoms with E-state index in [4.69, 9.17) is 16.3 Å². The lowest BCUT2D eigenvalue weighted by Crippen LogP contribution is -2.40. The van der Waals surface area contributed by atoms with Crippen molar-refractivity contribution in [2.75, 3.05) is 33.3 Å². The van der Waals surface area contributed by atoms with E-state index in [1.54, 1.807) is 24.5 Å². The average Bonchev–Trinajstić information content (AvgIpc) is 2.97. The summed E-state index contributed by atoms with van der Waals surface area (Å²) < 4.78 is 24.9. The average molecular weight is 478 g/mol. The van der Waals surface area contributed by atoms with Crippen LogP contribution in [0.15, 0.2) is 42.7 Å². The van der Waals surface area contributed by atoms with Crippen molar-refractivity contribution in [3.8, 4) is 0 Å². The first-order valence-electron chi connectivity index (χ1n) is 10.4. The molecule has 3 rings (SSSR count). The molecule has 0 bridgehead atoms. The maximum atomic E-state index is 14.2. The Hall–Kier alpha value is -3.04. The van der Waals surface area contributed by atoms with E-state index in [0.717, 1.165) is 5.56 Å². The van der Waals surface area contributed by atoms with Gasteiger partial charge in [-0.25, -0.2) is 4.39 Å². The largest absolute Gasteiger partial charge is 0.469 e. The summed E-state index contributed by atoms with van der Waals surface area (Å²) in [6.07, 6.45) is 2.52. The van der Waals surface area contributed by atoms with Gasteiger partial charge >= 0.3 is 5.97 Å². The third kappa shape index (κ3) is 6.97. The van der Waals surface area contributed by atoms with Crippen LogP contribution in [0.5, 0.6) is 0 Å². The van der Waals surface area contributed by atoms with Gasteiger partial charge in [0.15, 0.2) is 0 Å². The number of ether oxygens (including phenoxy) is 2. The fraction of sp³-hybridized carbons (Fsp3) is 0.391. The van der Waals surface area contributed by atoms with Gasteiger partial charge in [0.05, 0.1) is 39.2 Å². The number of carbonyl (C=O) groups excluding carboxylic acids is 3. The summed E-state index contributed by atoms with van der Waals surface area (Å²) in [6, 6.07) is 7.82. The van der Waals surface area contributed by atoms with Crippen LogP contribution in [0.1, 0.15) is 17.5 Å². The van der Waals surface area contributed by atoms with E-state index < -0.39 is 23.8 Å². The van der Waals surface area contributed by atoms with Crippen LogP contribution in [0.25, 0.3) is 0 Å². The molecule has 2 aromatic rings. The second kappa shape index (κ2) is 11.7. The van der Waals surface area contributed by atoms with Crippen LogP contribution in [-0.2, 0) is 36.9 Å². The van der Waals surface area contributed by atoms with Gasteiger partial charge in [0.25, 0.3) is 0 Å².